The summed E-state index contributed by atoms with van der Waals surface area (Å²) in [6, 6.07) is 6.80. The summed E-state index contributed by atoms with van der Waals surface area (Å²) >= 11 is 0. The fourth-order valence-electron chi connectivity index (χ4n) is 1.37. The lowest BCUT2D eigenvalue weighted by Crippen LogP contribution is -2.25. The van der Waals surface area contributed by atoms with Crippen LogP contribution in [0.4, 0.5) is 5.69 Å². The van der Waals surface area contributed by atoms with Crippen LogP contribution in [0.2, 0.25) is 0 Å². The Labute approximate surface area is 102 Å². The number of hydrogen-bond donors (Lipinski definition) is 3. The lowest BCUT2D eigenvalue weighted by Gasteiger charge is -2.12. The fraction of sp³-hybridized carbons (Fsp3) is 0.455. The van der Waals surface area contributed by atoms with Crippen molar-refractivity contribution in [1.82, 2.24) is 4.72 Å². The molecular weight excluding hydrogens is 238 g/mol. The summed E-state index contributed by atoms with van der Waals surface area (Å²) < 4.78 is 26.5. The Hall–Kier alpha value is -1.11. The molecule has 0 unspecified atom stereocenters. The first kappa shape index (κ1) is 14.0. The van der Waals surface area contributed by atoms with Crippen LogP contribution in [0.5, 0.6) is 0 Å². The molecule has 0 radical (unpaired) electrons. The van der Waals surface area contributed by atoms with Gasteiger partial charge in [-0.3, -0.25) is 0 Å². The van der Waals surface area contributed by atoms with Crippen LogP contribution >= 0.6 is 0 Å². The van der Waals surface area contributed by atoms with Gasteiger partial charge in [0.25, 0.3) is 0 Å². The summed E-state index contributed by atoms with van der Waals surface area (Å²) in [7, 11) is -3.44. The third-order valence-electron chi connectivity index (χ3n) is 2.18. The van der Waals surface area contributed by atoms with Gasteiger partial charge in [-0.1, -0.05) is 19.1 Å². The molecule has 1 aromatic rings. The van der Waals surface area contributed by atoms with Crippen LogP contribution in [-0.2, 0) is 10.0 Å². The molecule has 0 aliphatic rings. The van der Waals surface area contributed by atoms with Crippen molar-refractivity contribution in [3.8, 4) is 0 Å². The normalized spacial score (nSPS) is 11.4. The molecule has 1 aromatic carbocycles. The van der Waals surface area contributed by atoms with E-state index in [0.717, 1.165) is 6.42 Å². The molecule has 4 N–H and O–H groups in total. The zero-order valence-corrected chi connectivity index (χ0v) is 10.8. The molecule has 0 aliphatic heterocycles. The molecule has 0 bridgehead atoms. The van der Waals surface area contributed by atoms with Gasteiger partial charge < -0.3 is 11.1 Å². The Bertz CT molecular complexity index is 446. The summed E-state index contributed by atoms with van der Waals surface area (Å²) in [6.07, 6.45) is 0.762. The van der Waals surface area contributed by atoms with Crippen molar-refractivity contribution >= 4 is 15.7 Å². The molecule has 6 heteroatoms. The molecule has 0 saturated carbocycles. The van der Waals surface area contributed by atoms with Gasteiger partial charge in [-0.05, 0) is 18.6 Å². The average molecular weight is 257 g/mol. The van der Waals surface area contributed by atoms with Crippen LogP contribution in [0.1, 0.15) is 13.3 Å². The zero-order valence-electron chi connectivity index (χ0n) is 9.94. The Balaban J connectivity index is 2.95. The standard InChI is InChI=1S/C11H19N3O2S/c1-2-8-14-17(15,16)11-6-4-3-5-10(11)13-9-7-12/h3-6,13-14H,2,7-9,12H2,1H3. The van der Waals surface area contributed by atoms with Gasteiger partial charge in [0.05, 0.1) is 5.69 Å². The number of nitrogens with two attached hydrogens (primary N) is 1. The second-order valence-electron chi connectivity index (χ2n) is 3.61. The minimum Gasteiger partial charge on any atom is -0.383 e. The molecule has 0 fully saturated rings. The number of para-hydroxylation sites is 1. The Morgan fingerprint density at radius 1 is 1.24 bits per heavy atom. The van der Waals surface area contributed by atoms with E-state index >= 15 is 0 Å². The molecule has 0 spiro atoms. The van der Waals surface area contributed by atoms with Gasteiger partial charge in [0.1, 0.15) is 4.90 Å². The molecule has 0 heterocycles. The van der Waals surface area contributed by atoms with E-state index in [4.69, 9.17) is 5.73 Å². The molecule has 0 aliphatic carbocycles. The first-order chi connectivity index (χ1) is 8.11. The Kier molecular flexibility index (Phi) is 5.40. The number of anilines is 1. The molecule has 96 valence electrons. The highest BCUT2D eigenvalue weighted by Gasteiger charge is 2.16. The SMILES string of the molecule is CCCNS(=O)(=O)c1ccccc1NCCN. The summed E-state index contributed by atoms with van der Waals surface area (Å²) in [5.74, 6) is 0. The fourth-order valence-corrected chi connectivity index (χ4v) is 2.68. The van der Waals surface area contributed by atoms with Crippen molar-refractivity contribution in [2.45, 2.75) is 18.2 Å². The highest BCUT2D eigenvalue weighted by Crippen LogP contribution is 2.20. The number of rotatable bonds is 7. The van der Waals surface area contributed by atoms with Gasteiger partial charge in [0, 0.05) is 19.6 Å². The molecular formula is C11H19N3O2S. The lowest BCUT2D eigenvalue weighted by atomic mass is 10.3. The van der Waals surface area contributed by atoms with E-state index in [1.807, 2.05) is 6.92 Å². The van der Waals surface area contributed by atoms with Crippen LogP contribution in [0.3, 0.4) is 0 Å². The quantitative estimate of drug-likeness (QED) is 0.673. The smallest absolute Gasteiger partial charge is 0.242 e. The minimum atomic E-state index is -3.44. The van der Waals surface area contributed by atoms with Crippen molar-refractivity contribution in [2.75, 3.05) is 25.0 Å². The maximum atomic E-state index is 12.0. The van der Waals surface area contributed by atoms with Crippen molar-refractivity contribution in [3.63, 3.8) is 0 Å². The monoisotopic (exact) mass is 257 g/mol. The molecule has 0 amide bonds. The van der Waals surface area contributed by atoms with E-state index in [0.29, 0.717) is 25.3 Å². The van der Waals surface area contributed by atoms with E-state index in [1.165, 1.54) is 0 Å². The van der Waals surface area contributed by atoms with E-state index in [2.05, 4.69) is 10.0 Å². The van der Waals surface area contributed by atoms with Gasteiger partial charge in [-0.25, -0.2) is 13.1 Å². The van der Waals surface area contributed by atoms with Crippen LogP contribution in [0.25, 0.3) is 0 Å². The van der Waals surface area contributed by atoms with Gasteiger partial charge >= 0.3 is 0 Å². The molecule has 5 nitrogen and oxygen atoms in total. The summed E-state index contributed by atoms with van der Waals surface area (Å²) in [4.78, 5) is 0.266. The summed E-state index contributed by atoms with van der Waals surface area (Å²) in [6.45, 7) is 3.35. The largest absolute Gasteiger partial charge is 0.383 e. The highest BCUT2D eigenvalue weighted by molar-refractivity contribution is 7.89. The van der Waals surface area contributed by atoms with Crippen LogP contribution in [0, 0.1) is 0 Å². The van der Waals surface area contributed by atoms with Gasteiger partial charge in [0.2, 0.25) is 10.0 Å². The van der Waals surface area contributed by atoms with E-state index in [-0.39, 0.29) is 4.90 Å². The third-order valence-corrected chi connectivity index (χ3v) is 3.70. The van der Waals surface area contributed by atoms with Gasteiger partial charge in [-0.15, -0.1) is 0 Å². The Morgan fingerprint density at radius 3 is 2.59 bits per heavy atom. The second kappa shape index (κ2) is 6.58. The molecule has 0 saturated heterocycles. The minimum absolute atomic E-state index is 0.266. The van der Waals surface area contributed by atoms with Gasteiger partial charge in [0.15, 0.2) is 0 Å². The van der Waals surface area contributed by atoms with E-state index in [9.17, 15) is 8.42 Å². The number of nitrogens with one attached hydrogen (secondary N) is 2. The van der Waals surface area contributed by atoms with Crippen LogP contribution in [-0.4, -0.2) is 28.1 Å². The lowest BCUT2D eigenvalue weighted by molar-refractivity contribution is 0.581. The van der Waals surface area contributed by atoms with Crippen LogP contribution in [0.15, 0.2) is 29.2 Å². The van der Waals surface area contributed by atoms with Crippen molar-refractivity contribution in [2.24, 2.45) is 5.73 Å². The van der Waals surface area contributed by atoms with Crippen molar-refractivity contribution < 1.29 is 8.42 Å². The van der Waals surface area contributed by atoms with Crippen molar-refractivity contribution in [1.29, 1.82) is 0 Å². The van der Waals surface area contributed by atoms with E-state index in [1.54, 1.807) is 24.3 Å². The number of benzene rings is 1. The topological polar surface area (TPSA) is 84.2 Å². The third kappa shape index (κ3) is 3.99. The second-order valence-corrected chi connectivity index (χ2v) is 5.34. The maximum Gasteiger partial charge on any atom is 0.242 e. The maximum absolute atomic E-state index is 12.0. The van der Waals surface area contributed by atoms with Crippen LogP contribution < -0.4 is 15.8 Å². The summed E-state index contributed by atoms with van der Waals surface area (Å²) in [5, 5.41) is 3.00. The number of sulfonamides is 1. The average Bonchev–Trinajstić information content (AvgIpc) is 2.34. The molecule has 1 rings (SSSR count). The first-order valence-electron chi connectivity index (χ1n) is 5.64. The zero-order chi connectivity index (χ0) is 12.7. The van der Waals surface area contributed by atoms with Crippen molar-refractivity contribution in [3.05, 3.63) is 24.3 Å². The first-order valence-corrected chi connectivity index (χ1v) is 7.12. The molecule has 0 atom stereocenters. The summed E-state index contributed by atoms with van der Waals surface area (Å²) in [5.41, 5.74) is 5.97. The van der Waals surface area contributed by atoms with Gasteiger partial charge in [-0.2, -0.15) is 0 Å². The highest BCUT2D eigenvalue weighted by atomic mass is 32.2. The van der Waals surface area contributed by atoms with E-state index < -0.39 is 10.0 Å². The molecule has 0 aromatic heterocycles. The molecule has 17 heavy (non-hydrogen) atoms. The predicted octanol–water partition coefficient (Wildman–Crippen LogP) is 0.746. The predicted molar refractivity (Wildman–Crippen MR) is 69.5 cm³/mol. The Morgan fingerprint density at radius 2 is 1.94 bits per heavy atom. The number of hydrogen-bond acceptors (Lipinski definition) is 4.